The summed E-state index contributed by atoms with van der Waals surface area (Å²) in [5.74, 6) is -2.81. The number of aromatic nitrogens is 2. The summed E-state index contributed by atoms with van der Waals surface area (Å²) in [5, 5.41) is 3.83. The lowest BCUT2D eigenvalue weighted by Crippen LogP contribution is -2.34. The zero-order valence-corrected chi connectivity index (χ0v) is 13.4. The van der Waals surface area contributed by atoms with Crippen LogP contribution in [0.4, 0.5) is 13.2 Å². The second-order valence-electron chi connectivity index (χ2n) is 5.63. The molecule has 3 rings (SSSR count). The fourth-order valence-electron chi connectivity index (χ4n) is 3.08. The van der Waals surface area contributed by atoms with Gasteiger partial charge in [0.15, 0.2) is 22.6 Å². The maximum absolute atomic E-state index is 13.3. The van der Waals surface area contributed by atoms with Crippen LogP contribution < -0.4 is 5.32 Å². The largest absolute Gasteiger partial charge is 0.328 e. The quantitative estimate of drug-likeness (QED) is 0.856. The number of hydrogen-bond acceptors (Lipinski definition) is 2. The minimum absolute atomic E-state index is 0.0415. The Bertz CT molecular complexity index is 707. The number of imidazole rings is 1. The number of fused-ring (bicyclic) bond motifs is 1. The van der Waals surface area contributed by atoms with E-state index in [4.69, 9.17) is 11.6 Å². The van der Waals surface area contributed by atoms with E-state index < -0.39 is 17.5 Å². The van der Waals surface area contributed by atoms with E-state index in [9.17, 15) is 13.2 Å². The number of nitrogens with zero attached hydrogens (tertiary/aromatic N) is 2. The molecule has 2 heterocycles. The molecule has 0 bridgehead atoms. The van der Waals surface area contributed by atoms with Crippen molar-refractivity contribution in [2.75, 3.05) is 6.54 Å². The van der Waals surface area contributed by atoms with Gasteiger partial charge in [-0.15, -0.1) is 0 Å². The highest BCUT2D eigenvalue weighted by molar-refractivity contribution is 6.30. The van der Waals surface area contributed by atoms with Gasteiger partial charge in [0.1, 0.15) is 5.82 Å². The number of nitrogens with one attached hydrogen (secondary N) is 1. The van der Waals surface area contributed by atoms with E-state index in [0.29, 0.717) is 23.6 Å². The van der Waals surface area contributed by atoms with Gasteiger partial charge in [0.2, 0.25) is 0 Å². The van der Waals surface area contributed by atoms with Crippen LogP contribution in [-0.4, -0.2) is 16.1 Å². The van der Waals surface area contributed by atoms with Gasteiger partial charge in [-0.1, -0.05) is 18.5 Å². The molecular formula is C16H17ClF3N3. The van der Waals surface area contributed by atoms with Crippen molar-refractivity contribution < 1.29 is 13.2 Å². The molecule has 1 N–H and O–H groups in total. The number of rotatable bonds is 4. The molecule has 0 spiro atoms. The fourth-order valence-corrected chi connectivity index (χ4v) is 3.41. The Morgan fingerprint density at radius 1 is 1.30 bits per heavy atom. The third kappa shape index (κ3) is 3.10. The molecule has 124 valence electrons. The first-order valence-electron chi connectivity index (χ1n) is 7.62. The van der Waals surface area contributed by atoms with Crippen molar-refractivity contribution >= 4 is 11.6 Å². The molecule has 23 heavy (non-hydrogen) atoms. The van der Waals surface area contributed by atoms with E-state index in [2.05, 4.69) is 14.9 Å². The molecule has 0 amide bonds. The van der Waals surface area contributed by atoms with Crippen LogP contribution in [0, 0.1) is 17.5 Å². The van der Waals surface area contributed by atoms with Crippen LogP contribution in [0.1, 0.15) is 36.5 Å². The summed E-state index contributed by atoms with van der Waals surface area (Å²) in [6, 6.07) is 2.04. The lowest BCUT2D eigenvalue weighted by molar-refractivity contribution is 0.399. The van der Waals surface area contributed by atoms with Gasteiger partial charge in [-0.2, -0.15) is 0 Å². The topological polar surface area (TPSA) is 29.9 Å². The van der Waals surface area contributed by atoms with Crippen LogP contribution in [-0.2, 0) is 19.4 Å². The summed E-state index contributed by atoms with van der Waals surface area (Å²) in [6.07, 6.45) is 1.80. The van der Waals surface area contributed by atoms with Gasteiger partial charge in [0, 0.05) is 19.5 Å². The van der Waals surface area contributed by atoms with E-state index in [1.54, 1.807) is 0 Å². The Morgan fingerprint density at radius 2 is 2.00 bits per heavy atom. The van der Waals surface area contributed by atoms with E-state index in [0.717, 1.165) is 43.2 Å². The normalized spacial score (nSPS) is 17.3. The van der Waals surface area contributed by atoms with Crippen molar-refractivity contribution in [1.29, 1.82) is 0 Å². The van der Waals surface area contributed by atoms with Crippen molar-refractivity contribution in [3.05, 3.63) is 51.8 Å². The molecule has 1 aliphatic heterocycles. The third-order valence-electron chi connectivity index (χ3n) is 4.18. The predicted octanol–water partition coefficient (Wildman–Crippen LogP) is 3.79. The summed E-state index contributed by atoms with van der Waals surface area (Å²) >= 11 is 6.25. The SMILES string of the molecule is CCc1nc(Cl)c2n1CCNC2CCc1cc(F)c(F)c(F)c1. The second-order valence-corrected chi connectivity index (χ2v) is 5.99. The third-order valence-corrected chi connectivity index (χ3v) is 4.46. The molecule has 3 nitrogen and oxygen atoms in total. The molecule has 0 radical (unpaired) electrons. The Hall–Kier alpha value is -1.53. The monoisotopic (exact) mass is 343 g/mol. The number of benzene rings is 1. The first kappa shape index (κ1) is 16.3. The second kappa shape index (κ2) is 6.53. The molecule has 1 aliphatic rings. The van der Waals surface area contributed by atoms with Gasteiger partial charge in [-0.25, -0.2) is 18.2 Å². The average molecular weight is 344 g/mol. The summed E-state index contributed by atoms with van der Waals surface area (Å²) in [6.45, 7) is 3.60. The Balaban J connectivity index is 1.79. The van der Waals surface area contributed by atoms with Crippen LogP contribution in [0.5, 0.6) is 0 Å². The first-order valence-corrected chi connectivity index (χ1v) is 8.00. The number of aryl methyl sites for hydroxylation is 2. The van der Waals surface area contributed by atoms with Gasteiger partial charge in [-0.3, -0.25) is 0 Å². The Morgan fingerprint density at radius 3 is 2.65 bits per heavy atom. The molecule has 0 fully saturated rings. The predicted molar refractivity (Wildman–Crippen MR) is 82.0 cm³/mol. The van der Waals surface area contributed by atoms with Gasteiger partial charge in [0.05, 0.1) is 11.7 Å². The van der Waals surface area contributed by atoms with Gasteiger partial charge in [0.25, 0.3) is 0 Å². The van der Waals surface area contributed by atoms with Crippen LogP contribution in [0.2, 0.25) is 5.15 Å². The van der Waals surface area contributed by atoms with Crippen molar-refractivity contribution in [3.63, 3.8) is 0 Å². The number of hydrogen-bond donors (Lipinski definition) is 1. The molecule has 1 atom stereocenters. The lowest BCUT2D eigenvalue weighted by Gasteiger charge is -2.27. The maximum Gasteiger partial charge on any atom is 0.194 e. The summed E-state index contributed by atoms with van der Waals surface area (Å²) in [7, 11) is 0. The standard InChI is InChI=1S/C16H17ClF3N3/c1-2-13-22-16(17)15-12(21-5-6-23(13)15)4-3-9-7-10(18)14(20)11(19)8-9/h7-8,12,21H,2-6H2,1H3. The van der Waals surface area contributed by atoms with Gasteiger partial charge < -0.3 is 9.88 Å². The fraction of sp³-hybridized carbons (Fsp3) is 0.438. The average Bonchev–Trinajstić information content (AvgIpc) is 2.87. The zero-order valence-electron chi connectivity index (χ0n) is 12.7. The molecule has 0 aliphatic carbocycles. The Kier molecular flexibility index (Phi) is 4.64. The highest BCUT2D eigenvalue weighted by Crippen LogP contribution is 2.30. The van der Waals surface area contributed by atoms with E-state index in [1.165, 1.54) is 0 Å². The van der Waals surface area contributed by atoms with Crippen LogP contribution in [0.25, 0.3) is 0 Å². The zero-order chi connectivity index (χ0) is 16.6. The van der Waals surface area contributed by atoms with E-state index in [1.807, 2.05) is 6.92 Å². The Labute approximate surface area is 137 Å². The van der Waals surface area contributed by atoms with Crippen molar-refractivity contribution in [2.24, 2.45) is 0 Å². The lowest BCUT2D eigenvalue weighted by atomic mass is 10.0. The van der Waals surface area contributed by atoms with Crippen LogP contribution >= 0.6 is 11.6 Å². The summed E-state index contributed by atoms with van der Waals surface area (Å²) < 4.78 is 41.7. The molecular weight excluding hydrogens is 327 g/mol. The van der Waals surface area contributed by atoms with Crippen molar-refractivity contribution in [2.45, 2.75) is 38.8 Å². The minimum Gasteiger partial charge on any atom is -0.328 e. The molecule has 0 saturated heterocycles. The smallest absolute Gasteiger partial charge is 0.194 e. The molecule has 0 saturated carbocycles. The maximum atomic E-state index is 13.3. The first-order chi connectivity index (χ1) is 11.0. The minimum atomic E-state index is -1.43. The van der Waals surface area contributed by atoms with Crippen LogP contribution in [0.15, 0.2) is 12.1 Å². The van der Waals surface area contributed by atoms with E-state index in [-0.39, 0.29) is 6.04 Å². The van der Waals surface area contributed by atoms with Gasteiger partial charge in [-0.05, 0) is 30.5 Å². The highest BCUT2D eigenvalue weighted by atomic mass is 35.5. The number of halogens is 4. The highest BCUT2D eigenvalue weighted by Gasteiger charge is 2.26. The molecule has 1 aromatic carbocycles. The molecule has 1 unspecified atom stereocenters. The van der Waals surface area contributed by atoms with Crippen molar-refractivity contribution in [3.8, 4) is 0 Å². The summed E-state index contributed by atoms with van der Waals surface area (Å²) in [5.41, 5.74) is 1.34. The molecule has 1 aromatic heterocycles. The van der Waals surface area contributed by atoms with Crippen LogP contribution in [0.3, 0.4) is 0 Å². The molecule has 2 aromatic rings. The van der Waals surface area contributed by atoms with Gasteiger partial charge >= 0.3 is 0 Å². The summed E-state index contributed by atoms with van der Waals surface area (Å²) in [4.78, 5) is 4.37. The van der Waals surface area contributed by atoms with E-state index >= 15 is 0 Å². The van der Waals surface area contributed by atoms with Crippen molar-refractivity contribution in [1.82, 2.24) is 14.9 Å². The molecule has 7 heteroatoms.